The highest BCUT2D eigenvalue weighted by Crippen LogP contribution is 2.25. The van der Waals surface area contributed by atoms with Crippen molar-refractivity contribution in [1.82, 2.24) is 14.8 Å². The molecule has 0 saturated carbocycles. The molecule has 4 aromatic rings. The van der Waals surface area contributed by atoms with Gasteiger partial charge in [0.25, 0.3) is 5.91 Å². The van der Waals surface area contributed by atoms with Gasteiger partial charge in [-0.15, -0.1) is 0 Å². The maximum absolute atomic E-state index is 12.5. The van der Waals surface area contributed by atoms with Crippen LogP contribution in [0.2, 0.25) is 0 Å². The number of amides is 1. The summed E-state index contributed by atoms with van der Waals surface area (Å²) in [6.45, 7) is 0. The molecule has 4 rings (SSSR count). The van der Waals surface area contributed by atoms with Crippen LogP contribution in [0.15, 0.2) is 67.1 Å². The summed E-state index contributed by atoms with van der Waals surface area (Å²) in [5.74, 6) is 0.455. The Hall–Kier alpha value is -3.67. The number of pyridine rings is 1. The van der Waals surface area contributed by atoms with E-state index in [1.54, 1.807) is 42.3 Å². The average Bonchev–Trinajstić information content (AvgIpc) is 3.14. The molecule has 0 aliphatic carbocycles. The van der Waals surface area contributed by atoms with Crippen molar-refractivity contribution in [2.75, 3.05) is 12.4 Å². The number of carbonyl (C=O) groups is 1. The number of anilines is 1. The van der Waals surface area contributed by atoms with E-state index in [1.807, 2.05) is 43.7 Å². The van der Waals surface area contributed by atoms with Crippen LogP contribution in [0.1, 0.15) is 10.4 Å². The lowest BCUT2D eigenvalue weighted by atomic mass is 10.1. The summed E-state index contributed by atoms with van der Waals surface area (Å²) in [6, 6.07) is 14.7. The Labute approximate surface area is 156 Å². The summed E-state index contributed by atoms with van der Waals surface area (Å²) in [4.78, 5) is 17.0. The number of nitrogens with zero attached hydrogens (tertiary/aromatic N) is 3. The first-order chi connectivity index (χ1) is 13.1. The van der Waals surface area contributed by atoms with E-state index in [1.165, 1.54) is 0 Å². The van der Waals surface area contributed by atoms with E-state index in [4.69, 9.17) is 4.74 Å². The van der Waals surface area contributed by atoms with E-state index in [9.17, 15) is 4.79 Å². The molecular formula is C21H18N4O2. The highest BCUT2D eigenvalue weighted by Gasteiger charge is 2.09. The van der Waals surface area contributed by atoms with Crippen LogP contribution in [0, 0.1) is 0 Å². The van der Waals surface area contributed by atoms with Crippen LogP contribution in [0.5, 0.6) is 5.75 Å². The SMILES string of the molecule is COc1cccc(C(=O)Nc2ccc3ncc(-c4cnn(C)c4)cc3c2)c1. The van der Waals surface area contributed by atoms with Gasteiger partial charge in [-0.2, -0.15) is 5.10 Å². The van der Waals surface area contributed by atoms with Crippen LogP contribution in [-0.4, -0.2) is 27.8 Å². The molecule has 6 nitrogen and oxygen atoms in total. The molecule has 2 aromatic carbocycles. The Morgan fingerprint density at radius 2 is 1.96 bits per heavy atom. The van der Waals surface area contributed by atoms with Crippen molar-refractivity contribution in [3.05, 3.63) is 72.7 Å². The first-order valence-corrected chi connectivity index (χ1v) is 8.46. The van der Waals surface area contributed by atoms with Gasteiger partial charge in [0.2, 0.25) is 0 Å². The van der Waals surface area contributed by atoms with Gasteiger partial charge in [-0.3, -0.25) is 14.5 Å². The number of hydrogen-bond acceptors (Lipinski definition) is 4. The van der Waals surface area contributed by atoms with Crippen molar-refractivity contribution in [2.24, 2.45) is 7.05 Å². The topological polar surface area (TPSA) is 69.0 Å². The molecule has 0 radical (unpaired) electrons. The quantitative estimate of drug-likeness (QED) is 0.601. The number of ether oxygens (including phenoxy) is 1. The van der Waals surface area contributed by atoms with Crippen LogP contribution >= 0.6 is 0 Å². The number of nitrogens with one attached hydrogen (secondary N) is 1. The largest absolute Gasteiger partial charge is 0.497 e. The van der Waals surface area contributed by atoms with E-state index < -0.39 is 0 Å². The number of aromatic nitrogens is 3. The summed E-state index contributed by atoms with van der Waals surface area (Å²) < 4.78 is 6.93. The van der Waals surface area contributed by atoms with Gasteiger partial charge < -0.3 is 10.1 Å². The van der Waals surface area contributed by atoms with Crippen molar-refractivity contribution < 1.29 is 9.53 Å². The van der Waals surface area contributed by atoms with Gasteiger partial charge >= 0.3 is 0 Å². The Kier molecular flexibility index (Phi) is 4.30. The number of rotatable bonds is 4. The third-order valence-corrected chi connectivity index (χ3v) is 4.31. The average molecular weight is 358 g/mol. The normalized spacial score (nSPS) is 10.7. The van der Waals surface area contributed by atoms with E-state index in [2.05, 4.69) is 15.4 Å². The fourth-order valence-corrected chi connectivity index (χ4v) is 2.91. The summed E-state index contributed by atoms with van der Waals surface area (Å²) >= 11 is 0. The lowest BCUT2D eigenvalue weighted by molar-refractivity contribution is 0.102. The summed E-state index contributed by atoms with van der Waals surface area (Å²) in [6.07, 6.45) is 5.57. The third kappa shape index (κ3) is 3.50. The molecule has 0 unspecified atom stereocenters. The van der Waals surface area contributed by atoms with Crippen LogP contribution in [-0.2, 0) is 7.05 Å². The standard InChI is InChI=1S/C21H18N4O2/c1-25-13-17(12-23-25)16-8-15-9-18(6-7-20(15)22-11-16)24-21(26)14-4-3-5-19(10-14)27-2/h3-13H,1-2H3,(H,24,26). The minimum absolute atomic E-state index is 0.190. The monoisotopic (exact) mass is 358 g/mol. The van der Waals surface area contributed by atoms with Gasteiger partial charge in [0.05, 0.1) is 18.8 Å². The molecule has 0 fully saturated rings. The molecule has 0 aliphatic rings. The zero-order chi connectivity index (χ0) is 18.8. The lowest BCUT2D eigenvalue weighted by Gasteiger charge is -2.08. The van der Waals surface area contributed by atoms with Gasteiger partial charge in [0.15, 0.2) is 0 Å². The maximum Gasteiger partial charge on any atom is 0.255 e. The predicted molar refractivity (Wildman–Crippen MR) is 105 cm³/mol. The van der Waals surface area contributed by atoms with Crippen LogP contribution in [0.4, 0.5) is 5.69 Å². The van der Waals surface area contributed by atoms with Gasteiger partial charge in [-0.05, 0) is 42.5 Å². The highest BCUT2D eigenvalue weighted by molar-refractivity contribution is 6.05. The number of methoxy groups -OCH3 is 1. The number of fused-ring (bicyclic) bond motifs is 1. The molecule has 0 bridgehead atoms. The number of aryl methyl sites for hydroxylation is 1. The predicted octanol–water partition coefficient (Wildman–Crippen LogP) is 3.90. The van der Waals surface area contributed by atoms with Crippen molar-refractivity contribution >= 4 is 22.5 Å². The van der Waals surface area contributed by atoms with E-state index >= 15 is 0 Å². The zero-order valence-electron chi connectivity index (χ0n) is 15.0. The molecule has 2 aromatic heterocycles. The minimum Gasteiger partial charge on any atom is -0.497 e. The van der Waals surface area contributed by atoms with E-state index in [-0.39, 0.29) is 5.91 Å². The first-order valence-electron chi connectivity index (χ1n) is 8.46. The Bertz CT molecular complexity index is 1130. The molecule has 1 amide bonds. The van der Waals surface area contributed by atoms with Crippen molar-refractivity contribution in [2.45, 2.75) is 0 Å². The fourth-order valence-electron chi connectivity index (χ4n) is 2.91. The molecule has 134 valence electrons. The summed E-state index contributed by atoms with van der Waals surface area (Å²) in [7, 11) is 3.46. The van der Waals surface area contributed by atoms with Crippen molar-refractivity contribution in [1.29, 1.82) is 0 Å². The van der Waals surface area contributed by atoms with Crippen LogP contribution in [0.3, 0.4) is 0 Å². The second-order valence-corrected chi connectivity index (χ2v) is 6.22. The third-order valence-electron chi connectivity index (χ3n) is 4.31. The van der Waals surface area contributed by atoms with E-state index in [0.717, 1.165) is 22.0 Å². The maximum atomic E-state index is 12.5. The molecule has 0 atom stereocenters. The van der Waals surface area contributed by atoms with Crippen molar-refractivity contribution in [3.63, 3.8) is 0 Å². The number of benzene rings is 2. The molecular weight excluding hydrogens is 340 g/mol. The number of carbonyl (C=O) groups excluding carboxylic acids is 1. The Morgan fingerprint density at radius 1 is 1.07 bits per heavy atom. The lowest BCUT2D eigenvalue weighted by Crippen LogP contribution is -2.11. The zero-order valence-corrected chi connectivity index (χ0v) is 15.0. The van der Waals surface area contributed by atoms with Crippen molar-refractivity contribution in [3.8, 4) is 16.9 Å². The number of hydrogen-bond donors (Lipinski definition) is 1. The second-order valence-electron chi connectivity index (χ2n) is 6.22. The molecule has 0 spiro atoms. The molecule has 1 N–H and O–H groups in total. The summed E-state index contributed by atoms with van der Waals surface area (Å²) in [5.41, 5.74) is 4.09. The van der Waals surface area contributed by atoms with Gasteiger partial charge in [0.1, 0.15) is 5.75 Å². The fraction of sp³-hybridized carbons (Fsp3) is 0.0952. The second kappa shape index (κ2) is 6.92. The highest BCUT2D eigenvalue weighted by atomic mass is 16.5. The Morgan fingerprint density at radius 3 is 2.74 bits per heavy atom. The minimum atomic E-state index is -0.190. The summed E-state index contributed by atoms with van der Waals surface area (Å²) in [5, 5.41) is 8.07. The smallest absolute Gasteiger partial charge is 0.255 e. The Balaban J connectivity index is 1.63. The van der Waals surface area contributed by atoms with E-state index in [0.29, 0.717) is 17.0 Å². The molecule has 0 saturated heterocycles. The van der Waals surface area contributed by atoms with Gasteiger partial charge in [0, 0.05) is 47.2 Å². The van der Waals surface area contributed by atoms with Gasteiger partial charge in [-0.25, -0.2) is 0 Å². The van der Waals surface area contributed by atoms with Crippen LogP contribution < -0.4 is 10.1 Å². The molecule has 0 aliphatic heterocycles. The van der Waals surface area contributed by atoms with Gasteiger partial charge in [-0.1, -0.05) is 6.07 Å². The first kappa shape index (κ1) is 16.8. The van der Waals surface area contributed by atoms with Crippen LogP contribution in [0.25, 0.3) is 22.0 Å². The molecule has 2 heterocycles. The molecule has 27 heavy (non-hydrogen) atoms. The molecule has 6 heteroatoms.